The molecule has 0 bridgehead atoms. The molecular weight excluding hydrogens is 290 g/mol. The predicted molar refractivity (Wildman–Crippen MR) is 91.3 cm³/mol. The summed E-state index contributed by atoms with van der Waals surface area (Å²) in [5, 5.41) is 4.54. The van der Waals surface area contributed by atoms with Crippen LogP contribution >= 0.6 is 0 Å². The van der Waals surface area contributed by atoms with Crippen molar-refractivity contribution in [3.63, 3.8) is 0 Å². The Morgan fingerprint density at radius 2 is 1.96 bits per heavy atom. The lowest BCUT2D eigenvalue weighted by Crippen LogP contribution is -2.02. The van der Waals surface area contributed by atoms with Gasteiger partial charge >= 0.3 is 0 Å². The number of aryl methyl sites for hydroxylation is 2. The summed E-state index contributed by atoms with van der Waals surface area (Å²) < 4.78 is 7.44. The molecule has 2 aromatic heterocycles. The number of nitrogens with two attached hydrogens (primary N) is 1. The fourth-order valence-electron chi connectivity index (χ4n) is 2.73. The lowest BCUT2D eigenvalue weighted by atomic mass is 10.1. The zero-order valence-corrected chi connectivity index (χ0v) is 13.7. The molecule has 0 atom stereocenters. The van der Waals surface area contributed by atoms with Crippen LogP contribution in [0, 0.1) is 0 Å². The van der Waals surface area contributed by atoms with Crippen LogP contribution in [0.1, 0.15) is 26.0 Å². The Morgan fingerprint density at radius 1 is 1.17 bits per heavy atom. The van der Waals surface area contributed by atoms with E-state index in [0.717, 1.165) is 40.9 Å². The summed E-state index contributed by atoms with van der Waals surface area (Å²) in [5.41, 5.74) is 9.58. The Hall–Kier alpha value is -2.63. The number of rotatable bonds is 5. The minimum atomic E-state index is 0.439. The number of ether oxygens (including phenoxy) is 1. The predicted octanol–water partition coefficient (Wildman–Crippen LogP) is 2.96. The van der Waals surface area contributed by atoms with Crippen molar-refractivity contribution in [2.45, 2.75) is 26.7 Å². The smallest absolute Gasteiger partial charge is 0.166 e. The molecule has 0 unspecified atom stereocenters. The maximum atomic E-state index is 6.18. The van der Waals surface area contributed by atoms with Gasteiger partial charge in [-0.1, -0.05) is 25.5 Å². The molecule has 1 aromatic carbocycles. The van der Waals surface area contributed by atoms with Gasteiger partial charge in [-0.3, -0.25) is 4.68 Å². The molecule has 3 aromatic rings. The molecule has 0 spiro atoms. The quantitative estimate of drug-likeness (QED) is 0.783. The molecule has 0 aliphatic rings. The second-order valence-electron chi connectivity index (χ2n) is 5.38. The van der Waals surface area contributed by atoms with Crippen molar-refractivity contribution < 1.29 is 4.74 Å². The Morgan fingerprint density at radius 3 is 2.70 bits per heavy atom. The van der Waals surface area contributed by atoms with Crippen molar-refractivity contribution in [1.82, 2.24) is 19.7 Å². The molecule has 0 amide bonds. The second-order valence-corrected chi connectivity index (χ2v) is 5.38. The number of fused-ring (bicyclic) bond motifs is 1. The number of aromatic nitrogens is 4. The molecule has 120 valence electrons. The third-order valence-corrected chi connectivity index (χ3v) is 3.69. The minimum absolute atomic E-state index is 0.439. The number of nitrogen functional groups attached to an aromatic ring is 1. The standard InChI is InChI=1S/C17H21N5O/c1-4-8-12-14-15(22(3)21-12)16(18)20-17(19-14)11-9-6-7-10-13(11)23-5-2/h6-7,9-10H,4-5,8H2,1-3H3,(H2,18,19,20). The summed E-state index contributed by atoms with van der Waals surface area (Å²) in [5.74, 6) is 1.77. The molecular formula is C17H21N5O. The molecule has 0 aliphatic heterocycles. The zero-order chi connectivity index (χ0) is 16.4. The highest BCUT2D eigenvalue weighted by atomic mass is 16.5. The fraction of sp³-hybridized carbons (Fsp3) is 0.353. The van der Waals surface area contributed by atoms with Gasteiger partial charge in [0.15, 0.2) is 11.6 Å². The zero-order valence-electron chi connectivity index (χ0n) is 13.7. The lowest BCUT2D eigenvalue weighted by Gasteiger charge is -2.10. The van der Waals surface area contributed by atoms with Gasteiger partial charge in [0.2, 0.25) is 0 Å². The van der Waals surface area contributed by atoms with Crippen LogP contribution < -0.4 is 10.5 Å². The molecule has 3 rings (SSSR count). The van der Waals surface area contributed by atoms with Gasteiger partial charge in [0.25, 0.3) is 0 Å². The van der Waals surface area contributed by atoms with Gasteiger partial charge in [0, 0.05) is 7.05 Å². The molecule has 2 N–H and O–H groups in total. The van der Waals surface area contributed by atoms with Gasteiger partial charge in [0.05, 0.1) is 17.9 Å². The number of para-hydroxylation sites is 1. The SMILES string of the molecule is CCCc1nn(C)c2c(N)nc(-c3ccccc3OCC)nc12. The van der Waals surface area contributed by atoms with E-state index in [1.165, 1.54) is 0 Å². The van der Waals surface area contributed by atoms with Crippen LogP contribution in [-0.4, -0.2) is 26.4 Å². The molecule has 0 aliphatic carbocycles. The average Bonchev–Trinajstić information content (AvgIpc) is 2.85. The summed E-state index contributed by atoms with van der Waals surface area (Å²) in [7, 11) is 1.87. The molecule has 0 fully saturated rings. The molecule has 6 heteroatoms. The van der Waals surface area contributed by atoms with Crippen LogP contribution in [0.2, 0.25) is 0 Å². The number of benzene rings is 1. The highest BCUT2D eigenvalue weighted by Crippen LogP contribution is 2.31. The van der Waals surface area contributed by atoms with Crippen molar-refractivity contribution in [1.29, 1.82) is 0 Å². The van der Waals surface area contributed by atoms with E-state index in [1.54, 1.807) is 4.68 Å². The van der Waals surface area contributed by atoms with Gasteiger partial charge in [-0.25, -0.2) is 9.97 Å². The summed E-state index contributed by atoms with van der Waals surface area (Å²) in [6.07, 6.45) is 1.86. The molecule has 6 nitrogen and oxygen atoms in total. The van der Waals surface area contributed by atoms with Gasteiger partial charge in [-0.15, -0.1) is 0 Å². The minimum Gasteiger partial charge on any atom is -0.493 e. The number of hydrogen-bond acceptors (Lipinski definition) is 5. The van der Waals surface area contributed by atoms with Crippen LogP contribution in [0.4, 0.5) is 5.82 Å². The van der Waals surface area contributed by atoms with Crippen molar-refractivity contribution in [2.24, 2.45) is 7.05 Å². The van der Waals surface area contributed by atoms with E-state index >= 15 is 0 Å². The third-order valence-electron chi connectivity index (χ3n) is 3.69. The molecule has 0 saturated carbocycles. The van der Waals surface area contributed by atoms with E-state index in [2.05, 4.69) is 17.0 Å². The molecule has 2 heterocycles. The first kappa shape index (κ1) is 15.3. The van der Waals surface area contributed by atoms with E-state index in [-0.39, 0.29) is 0 Å². The first-order valence-electron chi connectivity index (χ1n) is 7.87. The fourth-order valence-corrected chi connectivity index (χ4v) is 2.73. The Bertz CT molecular complexity index is 840. The molecule has 0 radical (unpaired) electrons. The number of nitrogens with zero attached hydrogens (tertiary/aromatic N) is 4. The Balaban J connectivity index is 2.21. The first-order valence-corrected chi connectivity index (χ1v) is 7.87. The van der Waals surface area contributed by atoms with Gasteiger partial charge < -0.3 is 10.5 Å². The van der Waals surface area contributed by atoms with E-state index in [9.17, 15) is 0 Å². The van der Waals surface area contributed by atoms with Gasteiger partial charge in [-0.05, 0) is 25.5 Å². The largest absolute Gasteiger partial charge is 0.493 e. The maximum Gasteiger partial charge on any atom is 0.166 e. The third kappa shape index (κ3) is 2.72. The monoisotopic (exact) mass is 311 g/mol. The van der Waals surface area contributed by atoms with Gasteiger partial charge in [0.1, 0.15) is 16.8 Å². The highest BCUT2D eigenvalue weighted by Gasteiger charge is 2.17. The average molecular weight is 311 g/mol. The van der Waals surface area contributed by atoms with Crippen molar-refractivity contribution in [2.75, 3.05) is 12.3 Å². The molecule has 0 saturated heterocycles. The summed E-state index contributed by atoms with van der Waals surface area (Å²) >= 11 is 0. The van der Waals surface area contributed by atoms with Crippen molar-refractivity contribution in [3.8, 4) is 17.1 Å². The Kier molecular flexibility index (Phi) is 4.14. The highest BCUT2D eigenvalue weighted by molar-refractivity contribution is 5.88. The van der Waals surface area contributed by atoms with Crippen LogP contribution in [0.15, 0.2) is 24.3 Å². The Labute approximate surface area is 135 Å². The number of hydrogen-bond donors (Lipinski definition) is 1. The second kappa shape index (κ2) is 6.24. The van der Waals surface area contributed by atoms with Crippen molar-refractivity contribution >= 4 is 16.9 Å². The number of anilines is 1. The van der Waals surface area contributed by atoms with Crippen LogP contribution in [0.5, 0.6) is 5.75 Å². The summed E-state index contributed by atoms with van der Waals surface area (Å²) in [4.78, 5) is 9.21. The van der Waals surface area contributed by atoms with Gasteiger partial charge in [-0.2, -0.15) is 5.10 Å². The summed E-state index contributed by atoms with van der Waals surface area (Å²) in [6.45, 7) is 4.66. The topological polar surface area (TPSA) is 78.9 Å². The van der Waals surface area contributed by atoms with Crippen molar-refractivity contribution in [3.05, 3.63) is 30.0 Å². The van der Waals surface area contributed by atoms with Crippen LogP contribution in [0.25, 0.3) is 22.4 Å². The van der Waals surface area contributed by atoms with Crippen LogP contribution in [0.3, 0.4) is 0 Å². The maximum absolute atomic E-state index is 6.18. The lowest BCUT2D eigenvalue weighted by molar-refractivity contribution is 0.341. The first-order chi connectivity index (χ1) is 11.2. The van der Waals surface area contributed by atoms with E-state index in [0.29, 0.717) is 18.2 Å². The summed E-state index contributed by atoms with van der Waals surface area (Å²) in [6, 6.07) is 7.74. The van der Waals surface area contributed by atoms with Crippen LogP contribution in [-0.2, 0) is 13.5 Å². The normalized spacial score (nSPS) is 11.1. The van der Waals surface area contributed by atoms with E-state index < -0.39 is 0 Å². The molecule has 23 heavy (non-hydrogen) atoms. The van der Waals surface area contributed by atoms with E-state index in [1.807, 2.05) is 38.2 Å². The van der Waals surface area contributed by atoms with E-state index in [4.69, 9.17) is 15.5 Å².